The molecule has 0 heterocycles. The molecular weight excluding hydrogens is 460 g/mol. The Kier molecular flexibility index (Phi) is 7.60. The van der Waals surface area contributed by atoms with Gasteiger partial charge in [-0.2, -0.15) is 0 Å². The topological polar surface area (TPSA) is 96.0 Å². The largest absolute Gasteiger partial charge is 0.469 e. The van der Waals surface area contributed by atoms with Crippen LogP contribution >= 0.6 is 0 Å². The van der Waals surface area contributed by atoms with Crippen LogP contribution in [0.2, 0.25) is 0 Å². The summed E-state index contributed by atoms with van der Waals surface area (Å²) in [6.45, 7) is 9.57. The van der Waals surface area contributed by atoms with Gasteiger partial charge in [-0.05, 0) is 80.0 Å². The van der Waals surface area contributed by atoms with Crippen molar-refractivity contribution in [2.45, 2.75) is 105 Å². The monoisotopic (exact) mass is 504 g/mol. The van der Waals surface area contributed by atoms with E-state index in [0.717, 1.165) is 38.5 Å². The lowest BCUT2D eigenvalue weighted by molar-refractivity contribution is -0.196. The van der Waals surface area contributed by atoms with Crippen molar-refractivity contribution in [3.05, 3.63) is 0 Å². The van der Waals surface area contributed by atoms with Gasteiger partial charge >= 0.3 is 17.9 Å². The van der Waals surface area contributed by atoms with Crippen LogP contribution in [0.3, 0.4) is 0 Å². The van der Waals surface area contributed by atoms with E-state index in [1.165, 1.54) is 21.0 Å². The van der Waals surface area contributed by atoms with E-state index >= 15 is 0 Å². The summed E-state index contributed by atoms with van der Waals surface area (Å²) in [7, 11) is 1.41. The fourth-order valence-corrected chi connectivity index (χ4v) is 9.14. The molecule has 0 aromatic rings. The maximum Gasteiger partial charge on any atom is 0.305 e. The van der Waals surface area contributed by atoms with Crippen molar-refractivity contribution in [2.24, 2.45) is 46.3 Å². The Morgan fingerprint density at radius 1 is 1.00 bits per heavy atom. The summed E-state index contributed by atoms with van der Waals surface area (Å²) in [5, 5.41) is 0. The number of ketones is 1. The van der Waals surface area contributed by atoms with Gasteiger partial charge in [0.1, 0.15) is 18.0 Å². The number of Topliss-reactive ketones (excluding diaryl/α,β-unsaturated/α-hetero) is 1. The average molecular weight is 505 g/mol. The molecule has 0 amide bonds. The third kappa shape index (κ3) is 4.60. The Bertz CT molecular complexity index is 898. The summed E-state index contributed by atoms with van der Waals surface area (Å²) < 4.78 is 16.5. The molecule has 0 radical (unpaired) electrons. The summed E-state index contributed by atoms with van der Waals surface area (Å²) in [4.78, 5) is 49.7. The van der Waals surface area contributed by atoms with E-state index in [-0.39, 0.29) is 71.0 Å². The SMILES string of the molecule is COC(=O)CC[C@H](C)[C@@H]1CC[C@@H]2[C@@H]3[C@@H](CC(=O)[C@@]21C)[C@@]1(C)CC[C@@H](OC(C)=O)C[C@H]1C[C@H]3OC(C)=O. The standard InChI is InChI=1S/C29H44O7/c1-16(7-10-26(33)34-6)21-8-9-22-27-23(15-25(32)29(21,22)5)28(4)12-11-20(35-17(2)30)13-19(28)14-24(27)36-18(3)31/h16,19-24,27H,7-15H2,1-6H3/t16-,19-,20+,21-,22+,23+,24+,27+,28-,29+/m0/s1. The maximum atomic E-state index is 14.0. The molecule has 4 aliphatic carbocycles. The van der Waals surface area contributed by atoms with Crippen molar-refractivity contribution < 1.29 is 33.4 Å². The molecule has 4 saturated carbocycles. The van der Waals surface area contributed by atoms with Gasteiger partial charge in [-0.3, -0.25) is 19.2 Å². The molecule has 0 N–H and O–H groups in total. The van der Waals surface area contributed by atoms with E-state index in [2.05, 4.69) is 20.8 Å². The summed E-state index contributed by atoms with van der Waals surface area (Å²) in [5.41, 5.74) is -0.503. The zero-order valence-electron chi connectivity index (χ0n) is 22.8. The third-order valence-corrected chi connectivity index (χ3v) is 10.9. The highest BCUT2D eigenvalue weighted by molar-refractivity contribution is 5.87. The first kappa shape index (κ1) is 27.1. The normalized spacial score (nSPS) is 42.4. The van der Waals surface area contributed by atoms with E-state index < -0.39 is 5.41 Å². The number of carbonyl (C=O) groups is 4. The lowest BCUT2D eigenvalue weighted by Crippen LogP contribution is -2.62. The molecule has 0 spiro atoms. The van der Waals surface area contributed by atoms with Gasteiger partial charge in [0.25, 0.3) is 0 Å². The maximum absolute atomic E-state index is 14.0. The first-order chi connectivity index (χ1) is 16.9. The molecule has 0 saturated heterocycles. The van der Waals surface area contributed by atoms with Crippen LogP contribution in [0.15, 0.2) is 0 Å². The van der Waals surface area contributed by atoms with Crippen LogP contribution in [0.5, 0.6) is 0 Å². The van der Waals surface area contributed by atoms with Crippen molar-refractivity contribution >= 4 is 23.7 Å². The number of hydrogen-bond acceptors (Lipinski definition) is 7. The van der Waals surface area contributed by atoms with Crippen molar-refractivity contribution in [3.63, 3.8) is 0 Å². The van der Waals surface area contributed by atoms with Crippen LogP contribution in [0, 0.1) is 46.3 Å². The lowest BCUT2D eigenvalue weighted by atomic mass is 9.43. The second-order valence-electron chi connectivity index (χ2n) is 12.6. The summed E-state index contributed by atoms with van der Waals surface area (Å²) >= 11 is 0. The summed E-state index contributed by atoms with van der Waals surface area (Å²) in [6.07, 6.45) is 6.44. The molecule has 4 fully saturated rings. The zero-order chi connectivity index (χ0) is 26.4. The third-order valence-electron chi connectivity index (χ3n) is 10.9. The molecule has 10 atom stereocenters. The number of esters is 3. The minimum absolute atomic E-state index is 0.0382. The molecule has 4 aliphatic rings. The second-order valence-corrected chi connectivity index (χ2v) is 12.6. The minimum Gasteiger partial charge on any atom is -0.469 e. The predicted molar refractivity (Wildman–Crippen MR) is 133 cm³/mol. The quantitative estimate of drug-likeness (QED) is 0.375. The van der Waals surface area contributed by atoms with E-state index in [0.29, 0.717) is 25.0 Å². The van der Waals surface area contributed by atoms with Gasteiger partial charge < -0.3 is 14.2 Å². The summed E-state index contributed by atoms with van der Waals surface area (Å²) in [5.74, 6) is 0.785. The molecular formula is C29H44O7. The minimum atomic E-state index is -0.465. The van der Waals surface area contributed by atoms with E-state index in [1.807, 2.05) is 0 Å². The molecule has 36 heavy (non-hydrogen) atoms. The van der Waals surface area contributed by atoms with E-state index in [1.54, 1.807) is 0 Å². The highest BCUT2D eigenvalue weighted by Crippen LogP contribution is 2.67. The number of fused-ring (bicyclic) bond motifs is 5. The fourth-order valence-electron chi connectivity index (χ4n) is 9.14. The van der Waals surface area contributed by atoms with Crippen LogP contribution in [-0.2, 0) is 33.4 Å². The molecule has 0 aliphatic heterocycles. The van der Waals surface area contributed by atoms with Gasteiger partial charge in [-0.1, -0.05) is 20.8 Å². The van der Waals surface area contributed by atoms with Crippen LogP contribution in [-0.4, -0.2) is 43.0 Å². The van der Waals surface area contributed by atoms with Crippen molar-refractivity contribution in [1.29, 1.82) is 0 Å². The molecule has 202 valence electrons. The Hall–Kier alpha value is -1.92. The van der Waals surface area contributed by atoms with Gasteiger partial charge in [0.05, 0.1) is 7.11 Å². The van der Waals surface area contributed by atoms with Crippen LogP contribution in [0.25, 0.3) is 0 Å². The van der Waals surface area contributed by atoms with E-state index in [4.69, 9.17) is 14.2 Å². The van der Waals surface area contributed by atoms with Crippen LogP contribution in [0.1, 0.15) is 92.4 Å². The molecule has 7 heteroatoms. The summed E-state index contributed by atoms with van der Waals surface area (Å²) in [6, 6.07) is 0. The predicted octanol–water partition coefficient (Wildman–Crippen LogP) is 4.89. The first-order valence-electron chi connectivity index (χ1n) is 13.9. The molecule has 0 aromatic heterocycles. The zero-order valence-corrected chi connectivity index (χ0v) is 22.8. The molecule has 7 nitrogen and oxygen atoms in total. The molecule has 4 rings (SSSR count). The lowest BCUT2D eigenvalue weighted by Gasteiger charge is -2.62. The van der Waals surface area contributed by atoms with Gasteiger partial charge in [-0.15, -0.1) is 0 Å². The van der Waals surface area contributed by atoms with Gasteiger partial charge in [0.15, 0.2) is 0 Å². The Morgan fingerprint density at radius 2 is 1.69 bits per heavy atom. The first-order valence-corrected chi connectivity index (χ1v) is 13.9. The van der Waals surface area contributed by atoms with Gasteiger partial charge in [0, 0.05) is 38.0 Å². The van der Waals surface area contributed by atoms with Crippen molar-refractivity contribution in [3.8, 4) is 0 Å². The molecule has 0 unspecified atom stereocenters. The Labute approximate surface area is 215 Å². The Balaban J connectivity index is 1.62. The van der Waals surface area contributed by atoms with Gasteiger partial charge in [-0.25, -0.2) is 0 Å². The van der Waals surface area contributed by atoms with Crippen molar-refractivity contribution in [1.82, 2.24) is 0 Å². The van der Waals surface area contributed by atoms with Crippen molar-refractivity contribution in [2.75, 3.05) is 7.11 Å². The number of carbonyl (C=O) groups excluding carboxylic acids is 4. The number of hydrogen-bond donors (Lipinski definition) is 0. The Morgan fingerprint density at radius 3 is 2.33 bits per heavy atom. The van der Waals surface area contributed by atoms with Gasteiger partial charge in [0.2, 0.25) is 0 Å². The number of ether oxygens (including phenoxy) is 3. The number of methoxy groups -OCH3 is 1. The van der Waals surface area contributed by atoms with E-state index in [9.17, 15) is 19.2 Å². The highest BCUT2D eigenvalue weighted by Gasteiger charge is 2.66. The van der Waals surface area contributed by atoms with Crippen LogP contribution in [0.4, 0.5) is 0 Å². The average Bonchev–Trinajstić information content (AvgIpc) is 3.16. The molecule has 0 aromatic carbocycles. The second kappa shape index (κ2) is 10.1. The number of rotatable bonds is 6. The molecule has 0 bridgehead atoms. The highest BCUT2D eigenvalue weighted by atomic mass is 16.5. The smallest absolute Gasteiger partial charge is 0.305 e. The van der Waals surface area contributed by atoms with Crippen LogP contribution < -0.4 is 0 Å². The fraction of sp³-hybridized carbons (Fsp3) is 0.862.